The van der Waals surface area contributed by atoms with Gasteiger partial charge in [0.25, 0.3) is 10.0 Å². The zero-order chi connectivity index (χ0) is 14.6. The minimum Gasteiger partial charge on any atom is -0.447 e. The fraction of sp³-hybridized carbons (Fsp3) is 0.583. The molecule has 3 N–H and O–H groups in total. The van der Waals surface area contributed by atoms with E-state index in [0.717, 1.165) is 25.9 Å². The van der Waals surface area contributed by atoms with Crippen LogP contribution in [0.3, 0.4) is 0 Å². The quantitative estimate of drug-likeness (QED) is 0.721. The third kappa shape index (κ3) is 4.06. The average Bonchev–Trinajstić information content (AvgIpc) is 3.04. The summed E-state index contributed by atoms with van der Waals surface area (Å²) in [5, 5.41) is 7.74. The van der Waals surface area contributed by atoms with Crippen LogP contribution >= 0.6 is 0 Å². The Labute approximate surface area is 118 Å². The number of hydrogen-bond acceptors (Lipinski definition) is 5. The number of rotatable bonds is 6. The number of nitrogens with two attached hydrogens (primary N) is 1. The molecule has 112 valence electrons. The predicted molar refractivity (Wildman–Crippen MR) is 72.2 cm³/mol. The molecule has 8 heteroatoms. The molecule has 1 aliphatic rings. The molecule has 1 fully saturated rings. The van der Waals surface area contributed by atoms with Gasteiger partial charge in [0.1, 0.15) is 5.76 Å². The zero-order valence-corrected chi connectivity index (χ0v) is 12.0. The van der Waals surface area contributed by atoms with Gasteiger partial charge in [-0.2, -0.15) is 0 Å². The zero-order valence-electron chi connectivity index (χ0n) is 11.2. The lowest BCUT2D eigenvalue weighted by Crippen LogP contribution is -2.30. The van der Waals surface area contributed by atoms with Crippen LogP contribution < -0.4 is 10.5 Å². The molecule has 0 atom stereocenters. The first-order chi connectivity index (χ1) is 9.47. The van der Waals surface area contributed by atoms with Gasteiger partial charge in [-0.05, 0) is 25.0 Å². The van der Waals surface area contributed by atoms with Crippen LogP contribution in [0.5, 0.6) is 0 Å². The van der Waals surface area contributed by atoms with E-state index in [9.17, 15) is 13.2 Å². The van der Waals surface area contributed by atoms with Crippen molar-refractivity contribution >= 4 is 15.9 Å². The second-order valence-electron chi connectivity index (χ2n) is 4.78. The van der Waals surface area contributed by atoms with Crippen molar-refractivity contribution < 1.29 is 17.6 Å². The van der Waals surface area contributed by atoms with E-state index in [1.807, 2.05) is 4.90 Å². The van der Waals surface area contributed by atoms with Crippen molar-refractivity contribution in [2.75, 3.05) is 19.6 Å². The standard InChI is InChI=1S/C12H19N3O4S/c13-20(17,18)12-4-3-10(19-12)9-14-6-5-11(16)15-7-1-2-8-15/h3-4,14H,1-2,5-9H2,(H2,13,17,18). The minimum atomic E-state index is -3.79. The first kappa shape index (κ1) is 15.0. The van der Waals surface area contributed by atoms with E-state index in [-0.39, 0.29) is 11.0 Å². The molecule has 1 aromatic rings. The van der Waals surface area contributed by atoms with Gasteiger partial charge in [0.15, 0.2) is 0 Å². The van der Waals surface area contributed by atoms with Crippen molar-refractivity contribution in [3.05, 3.63) is 17.9 Å². The molecule has 0 bridgehead atoms. The van der Waals surface area contributed by atoms with Crippen LogP contribution in [-0.4, -0.2) is 38.9 Å². The Bertz CT molecular complexity index is 561. The Kier molecular flexibility index (Phi) is 4.79. The Morgan fingerprint density at radius 3 is 2.65 bits per heavy atom. The van der Waals surface area contributed by atoms with Gasteiger partial charge in [0.2, 0.25) is 11.0 Å². The smallest absolute Gasteiger partial charge is 0.271 e. The monoisotopic (exact) mass is 301 g/mol. The second kappa shape index (κ2) is 6.38. The van der Waals surface area contributed by atoms with Gasteiger partial charge in [0.05, 0.1) is 6.54 Å². The number of nitrogens with one attached hydrogen (secondary N) is 1. The van der Waals surface area contributed by atoms with Gasteiger partial charge >= 0.3 is 0 Å². The van der Waals surface area contributed by atoms with Crippen LogP contribution in [0.4, 0.5) is 0 Å². The number of furan rings is 1. The first-order valence-corrected chi connectivity index (χ1v) is 8.11. The molecule has 1 saturated heterocycles. The predicted octanol–water partition coefficient (Wildman–Crippen LogP) is 0.0291. The van der Waals surface area contributed by atoms with Crippen molar-refractivity contribution in [3.8, 4) is 0 Å². The van der Waals surface area contributed by atoms with Crippen molar-refractivity contribution in [1.29, 1.82) is 0 Å². The summed E-state index contributed by atoms with van der Waals surface area (Å²) in [6, 6.07) is 2.87. The number of sulfonamides is 1. The summed E-state index contributed by atoms with van der Waals surface area (Å²) in [5.41, 5.74) is 0. The van der Waals surface area contributed by atoms with Crippen molar-refractivity contribution in [1.82, 2.24) is 10.2 Å². The Morgan fingerprint density at radius 1 is 1.35 bits per heavy atom. The summed E-state index contributed by atoms with van der Waals surface area (Å²) in [5.74, 6) is 0.627. The normalized spacial score (nSPS) is 15.8. The van der Waals surface area contributed by atoms with E-state index in [0.29, 0.717) is 25.3 Å². The summed E-state index contributed by atoms with van der Waals surface area (Å²) in [7, 11) is -3.79. The maximum atomic E-state index is 11.8. The minimum absolute atomic E-state index is 0.152. The molecule has 0 aromatic carbocycles. The lowest BCUT2D eigenvalue weighted by molar-refractivity contribution is -0.130. The molecule has 2 rings (SSSR count). The molecular weight excluding hydrogens is 282 g/mol. The van der Waals surface area contributed by atoms with Gasteiger partial charge < -0.3 is 14.6 Å². The summed E-state index contributed by atoms with van der Waals surface area (Å²) >= 11 is 0. The summed E-state index contributed by atoms with van der Waals surface area (Å²) < 4.78 is 27.1. The maximum Gasteiger partial charge on any atom is 0.271 e. The van der Waals surface area contributed by atoms with Gasteiger partial charge in [-0.15, -0.1) is 0 Å². The number of nitrogens with zero attached hydrogens (tertiary/aromatic N) is 1. The first-order valence-electron chi connectivity index (χ1n) is 6.57. The van der Waals surface area contributed by atoms with Crippen molar-refractivity contribution in [3.63, 3.8) is 0 Å². The lowest BCUT2D eigenvalue weighted by atomic mass is 10.3. The Hall–Kier alpha value is -1.38. The Morgan fingerprint density at radius 2 is 2.05 bits per heavy atom. The SMILES string of the molecule is NS(=O)(=O)c1ccc(CNCCC(=O)N2CCCC2)o1. The maximum absolute atomic E-state index is 11.8. The van der Waals surface area contributed by atoms with Gasteiger partial charge in [0, 0.05) is 26.1 Å². The third-order valence-electron chi connectivity index (χ3n) is 3.19. The van der Waals surface area contributed by atoms with E-state index in [2.05, 4.69) is 5.32 Å². The molecular formula is C12H19N3O4S. The number of carbonyl (C=O) groups excluding carboxylic acids is 1. The van der Waals surface area contributed by atoms with E-state index in [4.69, 9.17) is 9.56 Å². The van der Waals surface area contributed by atoms with Crippen LogP contribution in [0.15, 0.2) is 21.6 Å². The molecule has 7 nitrogen and oxygen atoms in total. The molecule has 0 aliphatic carbocycles. The molecule has 1 aromatic heterocycles. The third-order valence-corrected chi connectivity index (χ3v) is 3.97. The molecule has 0 unspecified atom stereocenters. The summed E-state index contributed by atoms with van der Waals surface area (Å²) in [6.45, 7) is 2.60. The lowest BCUT2D eigenvalue weighted by Gasteiger charge is -2.14. The van der Waals surface area contributed by atoms with E-state index >= 15 is 0 Å². The number of primary sulfonamides is 1. The van der Waals surface area contributed by atoms with Crippen molar-refractivity contribution in [2.45, 2.75) is 30.9 Å². The topological polar surface area (TPSA) is 106 Å². The number of carbonyl (C=O) groups is 1. The molecule has 1 amide bonds. The van der Waals surface area contributed by atoms with Gasteiger partial charge in [-0.3, -0.25) is 4.79 Å². The summed E-state index contributed by atoms with van der Waals surface area (Å²) in [4.78, 5) is 13.6. The molecule has 20 heavy (non-hydrogen) atoms. The van der Waals surface area contributed by atoms with Crippen LogP contribution in [-0.2, 0) is 21.4 Å². The van der Waals surface area contributed by atoms with Crippen LogP contribution in [0, 0.1) is 0 Å². The van der Waals surface area contributed by atoms with Gasteiger partial charge in [-0.1, -0.05) is 0 Å². The average molecular weight is 301 g/mol. The fourth-order valence-electron chi connectivity index (χ4n) is 2.14. The molecule has 0 saturated carbocycles. The van der Waals surface area contributed by atoms with Crippen LogP contribution in [0.2, 0.25) is 0 Å². The molecule has 2 heterocycles. The number of hydrogen-bond donors (Lipinski definition) is 2. The highest BCUT2D eigenvalue weighted by atomic mass is 32.2. The molecule has 0 spiro atoms. The highest BCUT2D eigenvalue weighted by molar-refractivity contribution is 7.89. The number of likely N-dealkylation sites (tertiary alicyclic amines) is 1. The van der Waals surface area contributed by atoms with Crippen LogP contribution in [0.25, 0.3) is 0 Å². The van der Waals surface area contributed by atoms with E-state index < -0.39 is 10.0 Å². The number of amides is 1. The largest absolute Gasteiger partial charge is 0.447 e. The summed E-state index contributed by atoms with van der Waals surface area (Å²) in [6.07, 6.45) is 2.60. The van der Waals surface area contributed by atoms with Crippen LogP contribution in [0.1, 0.15) is 25.0 Å². The Balaban J connectivity index is 1.70. The molecule has 0 radical (unpaired) electrons. The van der Waals surface area contributed by atoms with Gasteiger partial charge in [-0.25, -0.2) is 13.6 Å². The molecule has 1 aliphatic heterocycles. The highest BCUT2D eigenvalue weighted by Crippen LogP contribution is 2.12. The highest BCUT2D eigenvalue weighted by Gasteiger charge is 2.17. The van der Waals surface area contributed by atoms with E-state index in [1.54, 1.807) is 6.07 Å². The fourth-order valence-corrected chi connectivity index (χ4v) is 2.62. The second-order valence-corrected chi connectivity index (χ2v) is 6.27. The van der Waals surface area contributed by atoms with Crippen molar-refractivity contribution in [2.24, 2.45) is 5.14 Å². The van der Waals surface area contributed by atoms with E-state index in [1.165, 1.54) is 6.07 Å².